The molecule has 2 amide bonds. The predicted octanol–water partition coefficient (Wildman–Crippen LogP) is 2.15. The van der Waals surface area contributed by atoms with Gasteiger partial charge in [0.05, 0.1) is 12.3 Å². The van der Waals surface area contributed by atoms with Crippen LogP contribution in [-0.4, -0.2) is 37.3 Å². The molecule has 1 aliphatic rings. The Balaban J connectivity index is 1.40. The fourth-order valence-corrected chi connectivity index (χ4v) is 2.71. The van der Waals surface area contributed by atoms with Crippen molar-refractivity contribution in [2.75, 3.05) is 13.2 Å². The van der Waals surface area contributed by atoms with Crippen LogP contribution in [0.1, 0.15) is 24.0 Å². The summed E-state index contributed by atoms with van der Waals surface area (Å²) in [5, 5.41) is 6.30. The van der Waals surface area contributed by atoms with E-state index in [2.05, 4.69) is 15.8 Å². The van der Waals surface area contributed by atoms with Crippen LogP contribution in [0.4, 0.5) is 4.39 Å². The standard InChI is InChI=1S/C21H22FN3O4/c22-17-7-3-16(4-8-17)14-29-18-9-5-15(6-10-18)12-24-25-21(27)20(26)23-13-19-2-1-11-28-19/h3-10,12,19H,1-2,11,13-14H2,(H,23,26)(H,25,27)/b24-12-/t19-/m0/s1. The van der Waals surface area contributed by atoms with Crippen LogP contribution in [0.25, 0.3) is 0 Å². The number of hydrazone groups is 1. The van der Waals surface area contributed by atoms with Gasteiger partial charge in [0.2, 0.25) is 0 Å². The number of halogens is 1. The van der Waals surface area contributed by atoms with Crippen molar-refractivity contribution < 1.29 is 23.5 Å². The summed E-state index contributed by atoms with van der Waals surface area (Å²) in [6, 6.07) is 13.1. The number of ether oxygens (including phenoxy) is 2. The van der Waals surface area contributed by atoms with E-state index >= 15 is 0 Å². The second kappa shape index (κ2) is 10.3. The number of hydrogen-bond donors (Lipinski definition) is 2. The largest absolute Gasteiger partial charge is 0.489 e. The molecular formula is C21H22FN3O4. The van der Waals surface area contributed by atoms with Crippen molar-refractivity contribution in [2.45, 2.75) is 25.6 Å². The Kier molecular flexibility index (Phi) is 7.29. The van der Waals surface area contributed by atoms with Gasteiger partial charge in [-0.25, -0.2) is 9.82 Å². The summed E-state index contributed by atoms with van der Waals surface area (Å²) in [6.07, 6.45) is 3.24. The molecule has 29 heavy (non-hydrogen) atoms. The molecule has 0 radical (unpaired) electrons. The molecule has 2 N–H and O–H groups in total. The van der Waals surface area contributed by atoms with Gasteiger partial charge in [0, 0.05) is 13.2 Å². The number of carbonyl (C=O) groups is 2. The lowest BCUT2D eigenvalue weighted by molar-refractivity contribution is -0.139. The molecule has 1 fully saturated rings. The second-order valence-electron chi connectivity index (χ2n) is 6.53. The van der Waals surface area contributed by atoms with Crippen LogP contribution < -0.4 is 15.5 Å². The van der Waals surface area contributed by atoms with Crippen LogP contribution in [0.3, 0.4) is 0 Å². The Morgan fingerprint density at radius 3 is 2.59 bits per heavy atom. The highest BCUT2D eigenvalue weighted by atomic mass is 19.1. The third-order valence-electron chi connectivity index (χ3n) is 4.30. The van der Waals surface area contributed by atoms with Crippen LogP contribution in [0, 0.1) is 5.82 Å². The average Bonchev–Trinajstić information content (AvgIpc) is 3.26. The molecular weight excluding hydrogens is 377 g/mol. The monoisotopic (exact) mass is 399 g/mol. The summed E-state index contributed by atoms with van der Waals surface area (Å²) in [5.74, 6) is -1.23. The summed E-state index contributed by atoms with van der Waals surface area (Å²) in [5.41, 5.74) is 3.77. The Morgan fingerprint density at radius 1 is 1.14 bits per heavy atom. The van der Waals surface area contributed by atoms with Gasteiger partial charge in [-0.3, -0.25) is 9.59 Å². The predicted molar refractivity (Wildman–Crippen MR) is 105 cm³/mol. The number of rotatable bonds is 7. The molecule has 8 heteroatoms. The van der Waals surface area contributed by atoms with Crippen molar-refractivity contribution in [3.8, 4) is 5.75 Å². The van der Waals surface area contributed by atoms with Gasteiger partial charge in [-0.15, -0.1) is 0 Å². The first-order valence-electron chi connectivity index (χ1n) is 9.30. The van der Waals surface area contributed by atoms with Gasteiger partial charge < -0.3 is 14.8 Å². The number of benzene rings is 2. The van der Waals surface area contributed by atoms with E-state index in [0.29, 0.717) is 25.5 Å². The highest BCUT2D eigenvalue weighted by Crippen LogP contribution is 2.14. The fourth-order valence-electron chi connectivity index (χ4n) is 2.71. The summed E-state index contributed by atoms with van der Waals surface area (Å²) >= 11 is 0. The van der Waals surface area contributed by atoms with Crippen molar-refractivity contribution >= 4 is 18.0 Å². The maximum absolute atomic E-state index is 12.9. The lowest BCUT2D eigenvalue weighted by Gasteiger charge is -2.09. The van der Waals surface area contributed by atoms with Crippen LogP contribution >= 0.6 is 0 Å². The first-order chi connectivity index (χ1) is 14.1. The van der Waals surface area contributed by atoms with Crippen molar-refractivity contribution in [1.29, 1.82) is 0 Å². The van der Waals surface area contributed by atoms with Gasteiger partial charge in [0.25, 0.3) is 0 Å². The van der Waals surface area contributed by atoms with Crippen LogP contribution in [0.15, 0.2) is 53.6 Å². The molecule has 0 bridgehead atoms. The lowest BCUT2D eigenvalue weighted by atomic mass is 10.2. The van der Waals surface area contributed by atoms with Crippen molar-refractivity contribution in [1.82, 2.24) is 10.7 Å². The topological polar surface area (TPSA) is 89.0 Å². The maximum Gasteiger partial charge on any atom is 0.329 e. The van der Waals surface area contributed by atoms with Gasteiger partial charge in [0.15, 0.2) is 0 Å². The molecule has 152 valence electrons. The Labute approximate surface area is 167 Å². The smallest absolute Gasteiger partial charge is 0.329 e. The summed E-state index contributed by atoms with van der Waals surface area (Å²) < 4.78 is 23.9. The van der Waals surface area contributed by atoms with E-state index in [1.807, 2.05) is 0 Å². The SMILES string of the molecule is O=C(NC[C@@H]1CCCO1)C(=O)N/N=C\c1ccc(OCc2ccc(F)cc2)cc1. The van der Waals surface area contributed by atoms with E-state index in [4.69, 9.17) is 9.47 Å². The van der Waals surface area contributed by atoms with E-state index < -0.39 is 11.8 Å². The van der Waals surface area contributed by atoms with E-state index in [1.165, 1.54) is 18.3 Å². The molecule has 0 spiro atoms. The van der Waals surface area contributed by atoms with E-state index in [0.717, 1.165) is 24.0 Å². The number of nitrogens with zero attached hydrogens (tertiary/aromatic N) is 1. The third kappa shape index (κ3) is 6.69. The molecule has 3 rings (SSSR count). The highest BCUT2D eigenvalue weighted by molar-refractivity contribution is 6.35. The van der Waals surface area contributed by atoms with Crippen molar-refractivity contribution in [2.24, 2.45) is 5.10 Å². The zero-order chi connectivity index (χ0) is 20.5. The fraction of sp³-hybridized carbons (Fsp3) is 0.286. The molecule has 1 aliphatic heterocycles. The van der Waals surface area contributed by atoms with Crippen LogP contribution in [-0.2, 0) is 20.9 Å². The number of nitrogens with one attached hydrogen (secondary N) is 2. The number of hydrogen-bond acceptors (Lipinski definition) is 5. The molecule has 2 aromatic rings. The first kappa shape index (κ1) is 20.5. The third-order valence-corrected chi connectivity index (χ3v) is 4.30. The van der Waals surface area contributed by atoms with E-state index in [9.17, 15) is 14.0 Å². The Morgan fingerprint density at radius 2 is 1.90 bits per heavy atom. The van der Waals surface area contributed by atoms with Crippen molar-refractivity contribution in [3.05, 3.63) is 65.5 Å². The van der Waals surface area contributed by atoms with Gasteiger partial charge in [0.1, 0.15) is 18.2 Å². The normalized spacial score (nSPS) is 16.0. The number of carbonyl (C=O) groups excluding carboxylic acids is 2. The molecule has 0 saturated carbocycles. The van der Waals surface area contributed by atoms with Crippen LogP contribution in [0.5, 0.6) is 5.75 Å². The van der Waals surface area contributed by atoms with E-state index in [1.54, 1.807) is 36.4 Å². The quantitative estimate of drug-likeness (QED) is 0.424. The molecule has 0 aliphatic carbocycles. The van der Waals surface area contributed by atoms with E-state index in [-0.39, 0.29) is 11.9 Å². The van der Waals surface area contributed by atoms with Crippen LogP contribution in [0.2, 0.25) is 0 Å². The average molecular weight is 399 g/mol. The second-order valence-corrected chi connectivity index (χ2v) is 6.53. The molecule has 1 atom stereocenters. The highest BCUT2D eigenvalue weighted by Gasteiger charge is 2.18. The molecule has 1 saturated heterocycles. The minimum absolute atomic E-state index is 0.0287. The number of amides is 2. The lowest BCUT2D eigenvalue weighted by Crippen LogP contribution is -2.41. The molecule has 0 aromatic heterocycles. The Bertz CT molecular complexity index is 847. The summed E-state index contributed by atoms with van der Waals surface area (Å²) in [6.45, 7) is 1.33. The minimum atomic E-state index is -0.835. The zero-order valence-corrected chi connectivity index (χ0v) is 15.8. The van der Waals surface area contributed by atoms with Gasteiger partial charge >= 0.3 is 11.8 Å². The molecule has 2 aromatic carbocycles. The summed E-state index contributed by atoms with van der Waals surface area (Å²) in [7, 11) is 0. The zero-order valence-electron chi connectivity index (χ0n) is 15.8. The molecule has 1 heterocycles. The maximum atomic E-state index is 12.9. The van der Waals surface area contributed by atoms with Crippen molar-refractivity contribution in [3.63, 3.8) is 0 Å². The Hall–Kier alpha value is -3.26. The summed E-state index contributed by atoms with van der Waals surface area (Å²) in [4.78, 5) is 23.4. The van der Waals surface area contributed by atoms with Gasteiger partial charge in [-0.2, -0.15) is 5.10 Å². The molecule has 0 unspecified atom stereocenters. The minimum Gasteiger partial charge on any atom is -0.489 e. The molecule has 7 nitrogen and oxygen atoms in total. The van der Waals surface area contributed by atoms with Gasteiger partial charge in [-0.05, 0) is 60.4 Å². The first-order valence-corrected chi connectivity index (χ1v) is 9.30. The van der Waals surface area contributed by atoms with Gasteiger partial charge in [-0.1, -0.05) is 12.1 Å².